The number of carbonyl (C=O) groups is 1. The number of nitrogens with one attached hydrogen (secondary N) is 1. The van der Waals surface area contributed by atoms with Crippen molar-refractivity contribution >= 4 is 44.2 Å². The molecule has 3 N–H and O–H groups in total. The number of fused-ring (bicyclic) bond motifs is 3. The number of carbonyl (C=O) groups excluding carboxylic acids is 1. The fraction of sp³-hybridized carbons (Fsp3) is 0.263. The van der Waals surface area contributed by atoms with Crippen molar-refractivity contribution in [3.05, 3.63) is 40.4 Å². The molecule has 3 heterocycles. The average Bonchev–Trinajstić information content (AvgIpc) is 3.04. The molecule has 1 saturated heterocycles. The molecule has 1 amide bonds. The molecule has 10 heteroatoms. The average molecular weight is 437 g/mol. The lowest BCUT2D eigenvalue weighted by Crippen LogP contribution is -2.54. The Bertz CT molecular complexity index is 1170. The Labute approximate surface area is 173 Å². The summed E-state index contributed by atoms with van der Waals surface area (Å²) >= 11 is 7.39. The molecule has 2 aliphatic rings. The Kier molecular flexibility index (Phi) is 4.34. The highest BCUT2D eigenvalue weighted by Crippen LogP contribution is 2.43. The van der Waals surface area contributed by atoms with Gasteiger partial charge in [-0.05, 0) is 18.2 Å². The molecular formula is C19H15ClF2N4O2S. The first-order chi connectivity index (χ1) is 14.0. The molecule has 1 atom stereocenters. The molecule has 0 saturated carbocycles. The number of anilines is 1. The molecule has 0 aliphatic carbocycles. The van der Waals surface area contributed by atoms with Crippen molar-refractivity contribution in [2.24, 2.45) is 0 Å². The Morgan fingerprint density at radius 3 is 3.00 bits per heavy atom. The van der Waals surface area contributed by atoms with Gasteiger partial charge in [0, 0.05) is 30.8 Å². The van der Waals surface area contributed by atoms with E-state index in [2.05, 4.69) is 10.3 Å². The smallest absolute Gasteiger partial charge is 0.258 e. The second kappa shape index (κ2) is 6.79. The van der Waals surface area contributed by atoms with E-state index in [4.69, 9.17) is 22.1 Å². The summed E-state index contributed by atoms with van der Waals surface area (Å²) in [6, 6.07) is 3.84. The molecule has 29 heavy (non-hydrogen) atoms. The van der Waals surface area contributed by atoms with Gasteiger partial charge in [-0.25, -0.2) is 13.8 Å². The number of nitrogens with zero attached hydrogens (tertiary/aromatic N) is 2. The van der Waals surface area contributed by atoms with E-state index in [0.717, 1.165) is 11.3 Å². The van der Waals surface area contributed by atoms with Gasteiger partial charge in [0.2, 0.25) is 0 Å². The molecule has 150 valence electrons. The van der Waals surface area contributed by atoms with Gasteiger partial charge in [-0.1, -0.05) is 22.9 Å². The standard InChI is InChI=1S/C19H15ClF2N4O2S/c20-11-5-10-16(28-7-8-6-24-3-4-26(8)18(10)27)14(22)13(11)9-1-2-12(21)17-15(9)25-19(23)29-17/h1-2,5,8,24H,3-4,6-7H2,(H2,23,25)/t8-/m1/s1. The minimum atomic E-state index is -0.770. The van der Waals surface area contributed by atoms with Crippen LogP contribution in [-0.4, -0.2) is 48.1 Å². The number of thiazole rings is 1. The number of nitrogen functional groups attached to an aromatic ring is 1. The van der Waals surface area contributed by atoms with Gasteiger partial charge in [0.15, 0.2) is 16.7 Å². The number of hydrogen-bond acceptors (Lipinski definition) is 6. The fourth-order valence-corrected chi connectivity index (χ4v) is 4.91. The Balaban J connectivity index is 1.71. The highest BCUT2D eigenvalue weighted by Gasteiger charge is 2.36. The minimum Gasteiger partial charge on any atom is -0.487 e. The molecule has 5 rings (SSSR count). The van der Waals surface area contributed by atoms with Crippen LogP contribution in [0.3, 0.4) is 0 Å². The molecule has 2 aromatic carbocycles. The zero-order chi connectivity index (χ0) is 20.3. The molecule has 2 aliphatic heterocycles. The third kappa shape index (κ3) is 2.84. The fourth-order valence-electron chi connectivity index (χ4n) is 3.85. The summed E-state index contributed by atoms with van der Waals surface area (Å²) in [4.78, 5) is 18.8. The molecule has 0 bridgehead atoms. The Morgan fingerprint density at radius 2 is 2.17 bits per heavy atom. The maximum atomic E-state index is 15.6. The van der Waals surface area contributed by atoms with Gasteiger partial charge in [-0.2, -0.15) is 0 Å². The lowest BCUT2D eigenvalue weighted by Gasteiger charge is -2.33. The summed E-state index contributed by atoms with van der Waals surface area (Å²) in [6.45, 7) is 1.89. The first-order valence-electron chi connectivity index (χ1n) is 8.97. The van der Waals surface area contributed by atoms with Crippen molar-refractivity contribution in [1.29, 1.82) is 0 Å². The van der Waals surface area contributed by atoms with Crippen molar-refractivity contribution in [2.75, 3.05) is 32.0 Å². The van der Waals surface area contributed by atoms with Crippen LogP contribution < -0.4 is 15.8 Å². The highest BCUT2D eigenvalue weighted by atomic mass is 35.5. The third-order valence-electron chi connectivity index (χ3n) is 5.22. The Morgan fingerprint density at radius 1 is 1.34 bits per heavy atom. The summed E-state index contributed by atoms with van der Waals surface area (Å²) in [6.07, 6.45) is 0. The maximum Gasteiger partial charge on any atom is 0.258 e. The number of nitrogens with two attached hydrogens (primary N) is 1. The van der Waals surface area contributed by atoms with Crippen LogP contribution in [0.25, 0.3) is 21.3 Å². The number of amides is 1. The first-order valence-corrected chi connectivity index (χ1v) is 10.2. The first kappa shape index (κ1) is 18.5. The van der Waals surface area contributed by atoms with E-state index < -0.39 is 11.6 Å². The van der Waals surface area contributed by atoms with Gasteiger partial charge in [-0.3, -0.25) is 4.79 Å². The number of aromatic nitrogens is 1. The zero-order valence-electron chi connectivity index (χ0n) is 15.0. The van der Waals surface area contributed by atoms with Crippen LogP contribution in [0, 0.1) is 11.6 Å². The van der Waals surface area contributed by atoms with Gasteiger partial charge in [0.05, 0.1) is 26.8 Å². The molecule has 0 radical (unpaired) electrons. The number of hydrogen-bond donors (Lipinski definition) is 2. The van der Waals surface area contributed by atoms with Gasteiger partial charge >= 0.3 is 0 Å². The normalized spacial score (nSPS) is 18.9. The topological polar surface area (TPSA) is 80.5 Å². The van der Waals surface area contributed by atoms with Gasteiger partial charge in [0.1, 0.15) is 12.4 Å². The molecule has 1 fully saturated rings. The SMILES string of the molecule is Nc1nc2c(-c3c(Cl)cc4c(c3F)OC[C@H]3CNCCN3C4=O)ccc(F)c2s1. The quantitative estimate of drug-likeness (QED) is 0.612. The van der Waals surface area contributed by atoms with Crippen LogP contribution in [0.5, 0.6) is 5.75 Å². The van der Waals surface area contributed by atoms with Gasteiger partial charge in [0.25, 0.3) is 5.91 Å². The summed E-state index contributed by atoms with van der Waals surface area (Å²) in [5.74, 6) is -1.74. The van der Waals surface area contributed by atoms with E-state index in [1.165, 1.54) is 18.2 Å². The predicted octanol–water partition coefficient (Wildman–Crippen LogP) is 3.28. The van der Waals surface area contributed by atoms with Crippen LogP contribution in [0.1, 0.15) is 10.4 Å². The van der Waals surface area contributed by atoms with Crippen molar-refractivity contribution in [3.63, 3.8) is 0 Å². The lowest BCUT2D eigenvalue weighted by atomic mass is 10.00. The van der Waals surface area contributed by atoms with Crippen LogP contribution in [0.15, 0.2) is 18.2 Å². The monoisotopic (exact) mass is 436 g/mol. The summed E-state index contributed by atoms with van der Waals surface area (Å²) in [5.41, 5.74) is 6.33. The van der Waals surface area contributed by atoms with Crippen LogP contribution in [0.2, 0.25) is 5.02 Å². The number of halogens is 3. The van der Waals surface area contributed by atoms with E-state index in [0.29, 0.717) is 25.2 Å². The summed E-state index contributed by atoms with van der Waals surface area (Å²) in [7, 11) is 0. The van der Waals surface area contributed by atoms with Crippen LogP contribution >= 0.6 is 22.9 Å². The molecule has 3 aromatic rings. The predicted molar refractivity (Wildman–Crippen MR) is 108 cm³/mol. The minimum absolute atomic E-state index is 0.00603. The summed E-state index contributed by atoms with van der Waals surface area (Å²) < 4.78 is 35.7. The van der Waals surface area contributed by atoms with Crippen molar-refractivity contribution < 1.29 is 18.3 Å². The van der Waals surface area contributed by atoms with Crippen molar-refractivity contribution in [1.82, 2.24) is 15.2 Å². The van der Waals surface area contributed by atoms with Crippen molar-refractivity contribution in [3.8, 4) is 16.9 Å². The number of benzene rings is 2. The van der Waals surface area contributed by atoms with Crippen LogP contribution in [-0.2, 0) is 0 Å². The Hall–Kier alpha value is -2.49. The highest BCUT2D eigenvalue weighted by molar-refractivity contribution is 7.22. The zero-order valence-corrected chi connectivity index (χ0v) is 16.5. The lowest BCUT2D eigenvalue weighted by molar-refractivity contribution is 0.0606. The molecule has 0 unspecified atom stereocenters. The molecular weight excluding hydrogens is 422 g/mol. The van der Waals surface area contributed by atoms with Gasteiger partial charge in [-0.15, -0.1) is 0 Å². The van der Waals surface area contributed by atoms with Crippen molar-refractivity contribution in [2.45, 2.75) is 6.04 Å². The second-order valence-electron chi connectivity index (χ2n) is 6.92. The number of rotatable bonds is 1. The van der Waals surface area contributed by atoms with Gasteiger partial charge < -0.3 is 20.7 Å². The second-order valence-corrected chi connectivity index (χ2v) is 8.35. The molecule has 0 spiro atoms. The van der Waals surface area contributed by atoms with E-state index in [1.807, 2.05) is 0 Å². The molecule has 6 nitrogen and oxygen atoms in total. The van der Waals surface area contributed by atoms with E-state index >= 15 is 4.39 Å². The van der Waals surface area contributed by atoms with E-state index in [1.54, 1.807) is 4.90 Å². The molecule has 1 aromatic heterocycles. The largest absolute Gasteiger partial charge is 0.487 e. The third-order valence-corrected chi connectivity index (χ3v) is 6.41. The maximum absolute atomic E-state index is 15.6. The summed E-state index contributed by atoms with van der Waals surface area (Å²) in [5, 5.41) is 3.38. The van der Waals surface area contributed by atoms with E-state index in [9.17, 15) is 9.18 Å². The van der Waals surface area contributed by atoms with Crippen LogP contribution in [0.4, 0.5) is 13.9 Å². The number of ether oxygens (including phenoxy) is 1. The number of piperazine rings is 1. The van der Waals surface area contributed by atoms with E-state index in [-0.39, 0.29) is 55.8 Å².